The van der Waals surface area contributed by atoms with E-state index in [1.54, 1.807) is 6.07 Å². The molecule has 0 saturated heterocycles. The molecule has 0 saturated carbocycles. The molecule has 16 heavy (non-hydrogen) atoms. The Bertz CT molecular complexity index is 469. The largest absolute Gasteiger partial charge is 0.481 e. The summed E-state index contributed by atoms with van der Waals surface area (Å²) in [6, 6.07) is 2.44. The fraction of sp³-hybridized carbons (Fsp3) is 0.222. The van der Waals surface area contributed by atoms with E-state index >= 15 is 0 Å². The van der Waals surface area contributed by atoms with Gasteiger partial charge in [0.05, 0.1) is 12.1 Å². The molecular weight excluding hydrogens is 220 g/mol. The van der Waals surface area contributed by atoms with Gasteiger partial charge in [-0.3, -0.25) is 4.79 Å². The summed E-state index contributed by atoms with van der Waals surface area (Å²) >= 11 is 0. The number of anilines is 1. The van der Waals surface area contributed by atoms with Crippen molar-refractivity contribution >= 4 is 11.7 Å². The van der Waals surface area contributed by atoms with Crippen LogP contribution in [0.2, 0.25) is 0 Å². The van der Waals surface area contributed by atoms with Crippen LogP contribution in [-0.4, -0.2) is 16.1 Å². The molecule has 0 atom stereocenters. The summed E-state index contributed by atoms with van der Waals surface area (Å²) in [4.78, 5) is 13.8. The molecule has 1 rings (SSSR count). The Morgan fingerprint density at radius 2 is 2.31 bits per heavy atom. The molecule has 0 aromatic carbocycles. The van der Waals surface area contributed by atoms with Crippen LogP contribution in [0.3, 0.4) is 0 Å². The van der Waals surface area contributed by atoms with E-state index in [1.807, 2.05) is 0 Å². The summed E-state index contributed by atoms with van der Waals surface area (Å²) in [5.74, 6) is -1.22. The molecule has 3 N–H and O–H groups in total. The maximum Gasteiger partial charge on any atom is 0.307 e. The first-order valence-electron chi connectivity index (χ1n) is 4.15. The first-order valence-corrected chi connectivity index (χ1v) is 4.15. The summed E-state index contributed by atoms with van der Waals surface area (Å²) in [5, 5.41) is 17.1. The van der Waals surface area contributed by atoms with Crippen molar-refractivity contribution in [3.8, 4) is 6.07 Å². The normalized spacial score (nSPS) is 10.1. The molecule has 0 aliphatic heterocycles. The topological polar surface area (TPSA) is 100 Å². The molecule has 0 aliphatic carbocycles. The molecule has 5 nitrogen and oxygen atoms in total. The lowest BCUT2D eigenvalue weighted by Gasteiger charge is -2.07. The number of carbonyl (C=O) groups is 1. The van der Waals surface area contributed by atoms with E-state index in [0.717, 1.165) is 6.07 Å². The monoisotopic (exact) mass is 227 g/mol. The van der Waals surface area contributed by atoms with Gasteiger partial charge in [-0.05, 0) is 11.6 Å². The smallest absolute Gasteiger partial charge is 0.307 e. The van der Waals surface area contributed by atoms with E-state index in [-0.39, 0.29) is 16.9 Å². The number of hydrogen-bond donors (Lipinski definition) is 2. The fourth-order valence-corrected chi connectivity index (χ4v) is 1.14. The van der Waals surface area contributed by atoms with Crippen LogP contribution >= 0.6 is 0 Å². The van der Waals surface area contributed by atoms with E-state index in [9.17, 15) is 13.6 Å². The summed E-state index contributed by atoms with van der Waals surface area (Å²) in [7, 11) is 0. The van der Waals surface area contributed by atoms with E-state index in [0.29, 0.717) is 0 Å². The quantitative estimate of drug-likeness (QED) is 0.805. The second-order valence-electron chi connectivity index (χ2n) is 2.95. The zero-order chi connectivity index (χ0) is 12.3. The molecular formula is C9H7F2N3O2. The van der Waals surface area contributed by atoms with Crippen molar-refractivity contribution in [1.82, 2.24) is 4.98 Å². The highest BCUT2D eigenvalue weighted by molar-refractivity contribution is 5.74. The molecule has 0 radical (unpaired) electrons. The zero-order valence-electron chi connectivity index (χ0n) is 7.94. The van der Waals surface area contributed by atoms with Crippen molar-refractivity contribution in [2.75, 3.05) is 5.73 Å². The number of carboxylic acid groups (broad SMARTS) is 1. The number of aliphatic carboxylic acids is 1. The van der Waals surface area contributed by atoms with Crippen molar-refractivity contribution in [1.29, 1.82) is 5.26 Å². The van der Waals surface area contributed by atoms with Gasteiger partial charge < -0.3 is 10.8 Å². The molecule has 7 heteroatoms. The van der Waals surface area contributed by atoms with Crippen molar-refractivity contribution in [3.05, 3.63) is 23.0 Å². The fourth-order valence-electron chi connectivity index (χ4n) is 1.14. The van der Waals surface area contributed by atoms with Crippen LogP contribution in [0.25, 0.3) is 0 Å². The average molecular weight is 227 g/mol. The minimum Gasteiger partial charge on any atom is -0.481 e. The highest BCUT2D eigenvalue weighted by Gasteiger charge is 2.17. The third-order valence-corrected chi connectivity index (χ3v) is 1.84. The Morgan fingerprint density at radius 3 is 2.75 bits per heavy atom. The lowest BCUT2D eigenvalue weighted by molar-refractivity contribution is -0.136. The second kappa shape index (κ2) is 4.53. The highest BCUT2D eigenvalue weighted by Crippen LogP contribution is 2.23. The highest BCUT2D eigenvalue weighted by atomic mass is 19.3. The Kier molecular flexibility index (Phi) is 3.35. The predicted molar refractivity (Wildman–Crippen MR) is 49.7 cm³/mol. The van der Waals surface area contributed by atoms with Crippen LogP contribution < -0.4 is 5.73 Å². The van der Waals surface area contributed by atoms with Gasteiger partial charge in [0.25, 0.3) is 6.43 Å². The summed E-state index contributed by atoms with van der Waals surface area (Å²) in [6.45, 7) is 0. The van der Waals surface area contributed by atoms with Gasteiger partial charge >= 0.3 is 5.97 Å². The van der Waals surface area contributed by atoms with Crippen LogP contribution in [-0.2, 0) is 11.2 Å². The first-order chi connectivity index (χ1) is 7.45. The van der Waals surface area contributed by atoms with E-state index in [4.69, 9.17) is 16.1 Å². The van der Waals surface area contributed by atoms with E-state index < -0.39 is 24.5 Å². The Hall–Kier alpha value is -2.23. The Morgan fingerprint density at radius 1 is 1.69 bits per heavy atom. The number of rotatable bonds is 3. The number of nitrogens with two attached hydrogens (primary N) is 1. The van der Waals surface area contributed by atoms with Gasteiger partial charge in [-0.25, -0.2) is 13.8 Å². The van der Waals surface area contributed by atoms with Crippen LogP contribution in [0.4, 0.5) is 14.5 Å². The van der Waals surface area contributed by atoms with Crippen molar-refractivity contribution < 1.29 is 18.7 Å². The van der Waals surface area contributed by atoms with Gasteiger partial charge in [0.1, 0.15) is 11.8 Å². The second-order valence-corrected chi connectivity index (χ2v) is 2.95. The van der Waals surface area contributed by atoms with Crippen LogP contribution in [0.15, 0.2) is 6.07 Å². The van der Waals surface area contributed by atoms with Gasteiger partial charge in [0, 0.05) is 0 Å². The van der Waals surface area contributed by atoms with Gasteiger partial charge in [-0.1, -0.05) is 0 Å². The molecule has 84 valence electrons. The maximum atomic E-state index is 12.4. The van der Waals surface area contributed by atoms with Crippen LogP contribution in [0.1, 0.15) is 23.4 Å². The Balaban J connectivity index is 3.31. The average Bonchev–Trinajstić information content (AvgIpc) is 2.20. The molecule has 0 unspecified atom stereocenters. The molecule has 1 heterocycles. The standard InChI is InChI=1S/C9H7F2N3O2/c10-9(11)5-1-4(2-7(15)16)8(13)6(3-12)14-5/h1,9H,2,13H2,(H,15,16). The molecule has 0 bridgehead atoms. The van der Waals surface area contributed by atoms with E-state index in [1.165, 1.54) is 0 Å². The minimum absolute atomic E-state index is 0.0330. The number of alkyl halides is 2. The maximum absolute atomic E-state index is 12.4. The molecule has 0 amide bonds. The van der Waals surface area contributed by atoms with Crippen molar-refractivity contribution in [2.24, 2.45) is 0 Å². The summed E-state index contributed by atoms with van der Waals surface area (Å²) in [6.07, 6.45) is -3.40. The number of carboxylic acids is 1. The molecule has 1 aromatic rings. The minimum atomic E-state index is -2.87. The number of pyridine rings is 1. The van der Waals surface area contributed by atoms with Gasteiger partial charge in [-0.15, -0.1) is 0 Å². The van der Waals surface area contributed by atoms with Gasteiger partial charge in [0.15, 0.2) is 5.69 Å². The number of halogens is 2. The predicted octanol–water partition coefficient (Wildman–Crippen LogP) is 1.10. The number of nitriles is 1. The van der Waals surface area contributed by atoms with E-state index in [2.05, 4.69) is 4.98 Å². The SMILES string of the molecule is N#Cc1nc(C(F)F)cc(CC(=O)O)c1N. The van der Waals surface area contributed by atoms with Crippen LogP contribution in [0.5, 0.6) is 0 Å². The lowest BCUT2D eigenvalue weighted by atomic mass is 10.1. The summed E-state index contributed by atoms with van der Waals surface area (Å²) < 4.78 is 24.7. The van der Waals surface area contributed by atoms with Gasteiger partial charge in [-0.2, -0.15) is 5.26 Å². The number of aromatic nitrogens is 1. The van der Waals surface area contributed by atoms with Crippen molar-refractivity contribution in [3.63, 3.8) is 0 Å². The lowest BCUT2D eigenvalue weighted by Crippen LogP contribution is -2.08. The van der Waals surface area contributed by atoms with Crippen molar-refractivity contribution in [2.45, 2.75) is 12.8 Å². The van der Waals surface area contributed by atoms with Crippen LogP contribution in [0, 0.1) is 11.3 Å². The molecule has 0 aliphatic rings. The zero-order valence-corrected chi connectivity index (χ0v) is 7.94. The number of nitrogens with zero attached hydrogens (tertiary/aromatic N) is 2. The first kappa shape index (κ1) is 11.8. The molecule has 1 aromatic heterocycles. The third kappa shape index (κ3) is 2.42. The Labute approximate surface area is 89.1 Å². The summed E-state index contributed by atoms with van der Waals surface area (Å²) in [5.41, 5.74) is 4.18. The molecule has 0 spiro atoms. The number of nitrogen functional groups attached to an aromatic ring is 1. The number of hydrogen-bond acceptors (Lipinski definition) is 4. The van der Waals surface area contributed by atoms with Gasteiger partial charge in [0.2, 0.25) is 0 Å². The molecule has 0 fully saturated rings. The third-order valence-electron chi connectivity index (χ3n) is 1.84.